The van der Waals surface area contributed by atoms with Crippen molar-refractivity contribution in [3.8, 4) is 5.69 Å². The Kier molecular flexibility index (Phi) is 9.30. The van der Waals surface area contributed by atoms with Gasteiger partial charge in [-0.1, -0.05) is 25.5 Å². The molecule has 0 unspecified atom stereocenters. The van der Waals surface area contributed by atoms with E-state index in [4.69, 9.17) is 5.73 Å². The molecule has 0 saturated carbocycles. The number of fused-ring (bicyclic) bond motifs is 3. The molecule has 3 rings (SSSR count). The Bertz CT molecular complexity index is 762. The minimum atomic E-state index is -0.754. The molecule has 1 aromatic carbocycles. The lowest BCUT2D eigenvalue weighted by Crippen LogP contribution is -2.20. The molecular weight excluding hydrogens is 385 g/mol. The van der Waals surface area contributed by atoms with E-state index in [2.05, 4.69) is 34.7 Å². The number of imidazole rings is 1. The van der Waals surface area contributed by atoms with E-state index in [0.717, 1.165) is 43.5 Å². The predicted octanol–water partition coefficient (Wildman–Crippen LogP) is 3.75. The molecule has 0 amide bonds. The van der Waals surface area contributed by atoms with Gasteiger partial charge in [0.25, 0.3) is 0 Å². The van der Waals surface area contributed by atoms with Gasteiger partial charge in [0.1, 0.15) is 0 Å². The van der Waals surface area contributed by atoms with Gasteiger partial charge in [-0.15, -0.1) is 24.8 Å². The molecule has 7 heteroatoms. The molecule has 1 atom stereocenters. The second-order valence-electron chi connectivity index (χ2n) is 6.89. The SMILES string of the molecule is CCCc1ccc2c(c1)CCc1c(C[C@H](CCCN)C(=O)O)ncn1-2.Cl.Cl. The molecule has 1 aromatic heterocycles. The van der Waals surface area contributed by atoms with Crippen molar-refractivity contribution in [2.24, 2.45) is 11.7 Å². The Labute approximate surface area is 173 Å². The van der Waals surface area contributed by atoms with Crippen molar-refractivity contribution in [1.29, 1.82) is 0 Å². The number of carboxylic acids is 1. The topological polar surface area (TPSA) is 81.1 Å². The molecule has 3 N–H and O–H groups in total. The fourth-order valence-corrected chi connectivity index (χ4v) is 3.74. The molecule has 5 nitrogen and oxygen atoms in total. The van der Waals surface area contributed by atoms with Crippen LogP contribution in [0.15, 0.2) is 24.5 Å². The first-order valence-electron chi connectivity index (χ1n) is 9.24. The van der Waals surface area contributed by atoms with E-state index >= 15 is 0 Å². The zero-order valence-corrected chi connectivity index (χ0v) is 17.3. The maximum absolute atomic E-state index is 11.5. The van der Waals surface area contributed by atoms with Crippen molar-refractivity contribution >= 4 is 30.8 Å². The van der Waals surface area contributed by atoms with Gasteiger partial charge in [0.05, 0.1) is 17.9 Å². The highest BCUT2D eigenvalue weighted by atomic mass is 35.5. The van der Waals surface area contributed by atoms with Crippen molar-refractivity contribution in [1.82, 2.24) is 9.55 Å². The molecule has 1 aliphatic rings. The Morgan fingerprint density at radius 3 is 2.78 bits per heavy atom. The number of aryl methyl sites for hydroxylation is 2. The molecule has 2 heterocycles. The van der Waals surface area contributed by atoms with E-state index in [1.807, 2.05) is 6.33 Å². The molecule has 0 aliphatic carbocycles. The Balaban J connectivity index is 0.00000182. The zero-order valence-electron chi connectivity index (χ0n) is 15.7. The number of aliphatic carboxylic acids is 1. The number of nitrogens with zero attached hydrogens (tertiary/aromatic N) is 2. The third kappa shape index (κ3) is 5.24. The van der Waals surface area contributed by atoms with E-state index in [0.29, 0.717) is 19.4 Å². The largest absolute Gasteiger partial charge is 0.481 e. The summed E-state index contributed by atoms with van der Waals surface area (Å²) in [6.07, 6.45) is 7.85. The van der Waals surface area contributed by atoms with Gasteiger partial charge < -0.3 is 15.4 Å². The molecule has 0 fully saturated rings. The monoisotopic (exact) mass is 413 g/mol. The van der Waals surface area contributed by atoms with Crippen LogP contribution in [-0.4, -0.2) is 27.2 Å². The van der Waals surface area contributed by atoms with E-state index in [1.54, 1.807) is 0 Å². The Morgan fingerprint density at radius 1 is 1.33 bits per heavy atom. The highest BCUT2D eigenvalue weighted by molar-refractivity contribution is 5.85. The van der Waals surface area contributed by atoms with Crippen molar-refractivity contribution in [2.45, 2.75) is 51.9 Å². The van der Waals surface area contributed by atoms with E-state index in [-0.39, 0.29) is 24.8 Å². The van der Waals surface area contributed by atoms with Crippen LogP contribution < -0.4 is 5.73 Å². The zero-order chi connectivity index (χ0) is 17.8. The summed E-state index contributed by atoms with van der Waals surface area (Å²) in [4.78, 5) is 16.1. The number of carbonyl (C=O) groups is 1. The summed E-state index contributed by atoms with van der Waals surface area (Å²) in [5.41, 5.74) is 11.6. The average molecular weight is 414 g/mol. The number of aromatic nitrogens is 2. The predicted molar refractivity (Wildman–Crippen MR) is 113 cm³/mol. The molecule has 27 heavy (non-hydrogen) atoms. The van der Waals surface area contributed by atoms with Gasteiger partial charge in [-0.05, 0) is 55.8 Å². The lowest BCUT2D eigenvalue weighted by atomic mass is 9.93. The van der Waals surface area contributed by atoms with Gasteiger partial charge >= 0.3 is 5.97 Å². The van der Waals surface area contributed by atoms with Gasteiger partial charge in [0.15, 0.2) is 0 Å². The van der Waals surface area contributed by atoms with Crippen LogP contribution in [0.4, 0.5) is 0 Å². The number of halogens is 2. The van der Waals surface area contributed by atoms with Crippen LogP contribution in [0, 0.1) is 5.92 Å². The van der Waals surface area contributed by atoms with Gasteiger partial charge in [0.2, 0.25) is 0 Å². The molecule has 0 radical (unpaired) electrons. The smallest absolute Gasteiger partial charge is 0.306 e. The first kappa shape index (κ1) is 23.5. The second-order valence-corrected chi connectivity index (χ2v) is 6.89. The van der Waals surface area contributed by atoms with Gasteiger partial charge in [0, 0.05) is 17.8 Å². The number of benzene rings is 1. The molecule has 2 aromatic rings. The molecule has 0 saturated heterocycles. The fourth-order valence-electron chi connectivity index (χ4n) is 3.74. The Morgan fingerprint density at radius 2 is 2.11 bits per heavy atom. The first-order valence-corrected chi connectivity index (χ1v) is 9.24. The van der Waals surface area contributed by atoms with Gasteiger partial charge in [-0.25, -0.2) is 4.98 Å². The van der Waals surface area contributed by atoms with Crippen LogP contribution in [-0.2, 0) is 30.5 Å². The lowest BCUT2D eigenvalue weighted by molar-refractivity contribution is -0.142. The van der Waals surface area contributed by atoms with Crippen molar-refractivity contribution in [3.05, 3.63) is 47.0 Å². The van der Waals surface area contributed by atoms with E-state index in [9.17, 15) is 9.90 Å². The highest BCUT2D eigenvalue weighted by Crippen LogP contribution is 2.29. The minimum Gasteiger partial charge on any atom is -0.481 e. The quantitative estimate of drug-likeness (QED) is 0.690. The summed E-state index contributed by atoms with van der Waals surface area (Å²) < 4.78 is 2.14. The van der Waals surface area contributed by atoms with Crippen LogP contribution in [0.5, 0.6) is 0 Å². The third-order valence-electron chi connectivity index (χ3n) is 5.07. The summed E-state index contributed by atoms with van der Waals surface area (Å²) in [7, 11) is 0. The number of hydrogen-bond acceptors (Lipinski definition) is 3. The fraction of sp³-hybridized carbons (Fsp3) is 0.500. The van der Waals surface area contributed by atoms with Crippen LogP contribution in [0.1, 0.15) is 48.7 Å². The summed E-state index contributed by atoms with van der Waals surface area (Å²) in [6.45, 7) is 2.72. The lowest BCUT2D eigenvalue weighted by Gasteiger charge is -2.21. The second kappa shape index (κ2) is 10.7. The van der Waals surface area contributed by atoms with E-state index < -0.39 is 11.9 Å². The number of nitrogens with two attached hydrogens (primary N) is 1. The Hall–Kier alpha value is -1.56. The maximum Gasteiger partial charge on any atom is 0.306 e. The summed E-state index contributed by atoms with van der Waals surface area (Å²) in [6, 6.07) is 6.68. The summed E-state index contributed by atoms with van der Waals surface area (Å²) >= 11 is 0. The van der Waals surface area contributed by atoms with Gasteiger partial charge in [-0.2, -0.15) is 0 Å². The summed E-state index contributed by atoms with van der Waals surface area (Å²) in [5.74, 6) is -1.16. The highest BCUT2D eigenvalue weighted by Gasteiger charge is 2.24. The van der Waals surface area contributed by atoms with Crippen LogP contribution >= 0.6 is 24.8 Å². The average Bonchev–Trinajstić information content (AvgIpc) is 3.01. The molecule has 0 bridgehead atoms. The minimum absolute atomic E-state index is 0. The van der Waals surface area contributed by atoms with Crippen LogP contribution in [0.2, 0.25) is 0 Å². The van der Waals surface area contributed by atoms with E-state index in [1.165, 1.54) is 16.8 Å². The normalized spacial score (nSPS) is 13.0. The molecule has 1 aliphatic heterocycles. The van der Waals surface area contributed by atoms with Crippen molar-refractivity contribution < 1.29 is 9.90 Å². The molecular formula is C20H29Cl2N3O2. The first-order chi connectivity index (χ1) is 12.1. The number of carboxylic acid groups (broad SMARTS) is 1. The third-order valence-corrected chi connectivity index (χ3v) is 5.07. The van der Waals surface area contributed by atoms with Crippen molar-refractivity contribution in [2.75, 3.05) is 6.54 Å². The summed E-state index contributed by atoms with van der Waals surface area (Å²) in [5, 5.41) is 9.47. The molecule has 150 valence electrons. The number of hydrogen-bond donors (Lipinski definition) is 2. The van der Waals surface area contributed by atoms with Crippen molar-refractivity contribution in [3.63, 3.8) is 0 Å². The molecule has 0 spiro atoms. The maximum atomic E-state index is 11.5. The van der Waals surface area contributed by atoms with Crippen LogP contribution in [0.3, 0.4) is 0 Å². The van der Waals surface area contributed by atoms with Crippen LogP contribution in [0.25, 0.3) is 5.69 Å². The standard InChI is InChI=1S/C20H27N3O2.2ClH/c1-2-4-14-6-8-18-15(11-14)7-9-19-17(22-13-23(18)19)12-16(20(24)25)5-3-10-21;;/h6,8,11,13,16H,2-5,7,9-10,12,21H2,1H3,(H,24,25);2*1H/t16-;;/m0../s1. The number of rotatable bonds is 8. The van der Waals surface area contributed by atoms with Gasteiger partial charge in [-0.3, -0.25) is 4.79 Å².